The number of aromatic amines is 6. The number of para-hydroxylation sites is 4. The number of aromatic nitrogens is 20. The maximum Gasteiger partial charge on any atom is 0.137 e. The van der Waals surface area contributed by atoms with E-state index in [-0.39, 0.29) is 0 Å². The highest BCUT2D eigenvalue weighted by molar-refractivity contribution is 5.82. The maximum absolute atomic E-state index is 4.18. The average Bonchev–Trinajstić information content (AvgIpc) is 4.41. The van der Waals surface area contributed by atoms with Gasteiger partial charge in [-0.2, -0.15) is 30.6 Å². The van der Waals surface area contributed by atoms with E-state index >= 15 is 0 Å². The van der Waals surface area contributed by atoms with E-state index in [4.69, 9.17) is 0 Å². The Labute approximate surface area is 460 Å². The van der Waals surface area contributed by atoms with Gasteiger partial charge in [0.1, 0.15) is 25.3 Å². The summed E-state index contributed by atoms with van der Waals surface area (Å²) in [5, 5.41) is 44.1. The Morgan fingerprint density at radius 2 is 0.537 bits per heavy atom. The molecule has 0 radical (unpaired) electrons. The lowest BCUT2D eigenvalue weighted by atomic mass is 10.2. The first-order chi connectivity index (χ1) is 39.8. The Bertz CT molecular complexity index is 2830. The molecule has 0 saturated carbocycles. The van der Waals surface area contributed by atoms with Crippen LogP contribution in [0.1, 0.15) is 0 Å². The summed E-state index contributed by atoms with van der Waals surface area (Å²) in [4.78, 5) is 31.7. The summed E-state index contributed by atoms with van der Waals surface area (Å²) in [6, 6.07) is 59.7. The molecule has 16 aromatic rings. The number of H-pyrrole nitrogens is 6. The summed E-state index contributed by atoms with van der Waals surface area (Å²) >= 11 is 0. The van der Waals surface area contributed by atoms with E-state index in [0.717, 1.165) is 22.1 Å². The summed E-state index contributed by atoms with van der Waals surface area (Å²) in [5.41, 5.74) is 4.02. The molecule has 0 aliphatic rings. The molecule has 80 heavy (non-hydrogen) atoms. The van der Waals surface area contributed by atoms with Crippen molar-refractivity contribution < 1.29 is 0 Å². The van der Waals surface area contributed by atoms with Crippen LogP contribution < -0.4 is 0 Å². The Balaban J connectivity index is 0.000000144. The normalized spacial score (nSPS) is 9.25. The summed E-state index contributed by atoms with van der Waals surface area (Å²) < 4.78 is 0. The Kier molecular flexibility index (Phi) is 27.2. The van der Waals surface area contributed by atoms with Crippen LogP contribution in [0.15, 0.2) is 306 Å². The van der Waals surface area contributed by atoms with E-state index in [0.29, 0.717) is 0 Å². The third-order valence-electron chi connectivity index (χ3n) is 9.79. The van der Waals surface area contributed by atoms with Crippen molar-refractivity contribution in [2.45, 2.75) is 0 Å². The molecule has 11 heterocycles. The molecule has 0 unspecified atom stereocenters. The third kappa shape index (κ3) is 24.0. The topological polar surface area (TPSA) is 275 Å². The largest absolute Gasteiger partial charge is 0.286 e. The van der Waals surface area contributed by atoms with E-state index in [1.807, 2.05) is 171 Å². The quantitative estimate of drug-likeness (QED) is 0.0824. The van der Waals surface area contributed by atoms with Gasteiger partial charge in [0.15, 0.2) is 0 Å². The highest BCUT2D eigenvalue weighted by Gasteiger charge is 1.90. The predicted molar refractivity (Wildman–Crippen MR) is 314 cm³/mol. The Morgan fingerprint density at radius 1 is 0.212 bits per heavy atom. The Hall–Kier alpha value is -11.8. The monoisotopic (exact) mass is 1060 g/mol. The SMILES string of the molecule is c1ccc2cnccc2c1.c1ccc2cnccc2c1.c1ccc2ncccc2c1.c1ccc2ncccc2c1.c1ccc2nccnc2c1.c1cn[nH]c1.c1cn[nH]c1.c1cn[nH]c1.c1cn[nH]c1.c1nc[nH]n1.c1nc[nH]n1. The van der Waals surface area contributed by atoms with Gasteiger partial charge in [-0.15, -0.1) is 0 Å². The van der Waals surface area contributed by atoms with Crippen LogP contribution in [0.4, 0.5) is 0 Å². The minimum absolute atomic E-state index is 0.949. The fraction of sp³-hybridized carbons (Fsp3) is 0. The number of pyridine rings is 4. The van der Waals surface area contributed by atoms with Crippen molar-refractivity contribution in [3.63, 3.8) is 0 Å². The van der Waals surface area contributed by atoms with Gasteiger partial charge in [-0.25, -0.2) is 9.97 Å². The minimum atomic E-state index is 0.949. The minimum Gasteiger partial charge on any atom is -0.286 e. The number of benzene rings is 5. The summed E-state index contributed by atoms with van der Waals surface area (Å²) in [6.45, 7) is 0. The van der Waals surface area contributed by atoms with E-state index in [1.54, 1.807) is 62.0 Å². The molecule has 0 bridgehead atoms. The van der Waals surface area contributed by atoms with E-state index in [2.05, 4.69) is 150 Å². The fourth-order valence-electron chi connectivity index (χ4n) is 6.19. The standard InChI is InChI=1S/4C9H7N.C8H6N2.4C3H4N2.2C2H3N3/c2*1-2-6-9-8(4-1)5-3-7-10-9;2*1-2-4-9-7-10-6-5-8(9)3-1;1-2-4-8-7(3-1)9-5-6-10-8;4*1-2-4-5-3-1;2*1-3-2-5-4-1/h4*1-7H;1-6H;4*1-3H,(H,4,5);2*1-2H,(H,3,4,5). The molecule has 5 aromatic carbocycles. The summed E-state index contributed by atoms with van der Waals surface area (Å²) in [5.74, 6) is 0. The zero-order valence-corrected chi connectivity index (χ0v) is 43.1. The molecule has 0 fully saturated rings. The van der Waals surface area contributed by atoms with Gasteiger partial charge in [-0.05, 0) is 94.3 Å². The zero-order valence-electron chi connectivity index (χ0n) is 43.1. The molecule has 0 amide bonds. The molecule has 0 atom stereocenters. The van der Waals surface area contributed by atoms with E-state index in [1.165, 1.54) is 57.6 Å². The number of rotatable bonds is 0. The smallest absolute Gasteiger partial charge is 0.137 e. The third-order valence-corrected chi connectivity index (χ3v) is 9.79. The second-order valence-corrected chi connectivity index (χ2v) is 15.3. The molecule has 6 N–H and O–H groups in total. The number of hydrogen-bond acceptors (Lipinski definition) is 14. The molecule has 20 heteroatoms. The fourth-order valence-corrected chi connectivity index (χ4v) is 6.19. The summed E-state index contributed by atoms with van der Waals surface area (Å²) in [6.07, 6.45) is 34.1. The molecule has 11 aromatic heterocycles. The maximum atomic E-state index is 4.18. The molecule has 0 aliphatic carbocycles. The molecule has 396 valence electrons. The van der Waals surface area contributed by atoms with E-state index in [9.17, 15) is 0 Å². The van der Waals surface area contributed by atoms with Crippen LogP contribution in [0.25, 0.3) is 54.4 Å². The zero-order chi connectivity index (χ0) is 55.3. The van der Waals surface area contributed by atoms with Crippen LogP contribution in [0.3, 0.4) is 0 Å². The molecule has 16 rings (SSSR count). The van der Waals surface area contributed by atoms with Gasteiger partial charge in [0.05, 0.1) is 22.1 Å². The summed E-state index contributed by atoms with van der Waals surface area (Å²) in [7, 11) is 0. The van der Waals surface area contributed by atoms with Crippen molar-refractivity contribution in [1.29, 1.82) is 0 Å². The molecule has 0 aliphatic heterocycles. The van der Waals surface area contributed by atoms with Gasteiger partial charge in [0.25, 0.3) is 0 Å². The molecule has 0 spiro atoms. The number of fused-ring (bicyclic) bond motifs is 5. The van der Waals surface area contributed by atoms with Crippen LogP contribution in [0.2, 0.25) is 0 Å². The number of hydrogen-bond donors (Lipinski definition) is 6. The van der Waals surface area contributed by atoms with Gasteiger partial charge < -0.3 is 0 Å². The highest BCUT2D eigenvalue weighted by Crippen LogP contribution is 2.12. The Morgan fingerprint density at radius 3 is 0.812 bits per heavy atom. The van der Waals surface area contributed by atoms with Crippen molar-refractivity contribution in [2.24, 2.45) is 0 Å². The van der Waals surface area contributed by atoms with Crippen molar-refractivity contribution in [2.75, 3.05) is 0 Å². The first kappa shape index (κ1) is 57.5. The second-order valence-electron chi connectivity index (χ2n) is 15.3. The van der Waals surface area contributed by atoms with Gasteiger partial charge >= 0.3 is 0 Å². The van der Waals surface area contributed by atoms with Crippen LogP contribution in [-0.2, 0) is 0 Å². The highest BCUT2D eigenvalue weighted by atomic mass is 15.2. The van der Waals surface area contributed by atoms with Gasteiger partial charge in [-0.1, -0.05) is 109 Å². The molecule has 0 saturated heterocycles. The van der Waals surface area contributed by atoms with E-state index < -0.39 is 0 Å². The van der Waals surface area contributed by atoms with Gasteiger partial charge in [0.2, 0.25) is 0 Å². The molecular formula is C60H56N20. The average molecular weight is 1060 g/mol. The first-order valence-electron chi connectivity index (χ1n) is 24.5. The molecule has 20 nitrogen and oxygen atoms in total. The molecular weight excluding hydrogens is 1000 g/mol. The van der Waals surface area contributed by atoms with Crippen LogP contribution in [0.5, 0.6) is 0 Å². The first-order valence-corrected chi connectivity index (χ1v) is 24.5. The number of nitrogens with zero attached hydrogens (tertiary/aromatic N) is 14. The lowest BCUT2D eigenvalue weighted by molar-refractivity contribution is 1.09. The van der Waals surface area contributed by atoms with Crippen molar-refractivity contribution in [3.8, 4) is 0 Å². The van der Waals surface area contributed by atoms with Crippen LogP contribution >= 0.6 is 0 Å². The van der Waals surface area contributed by atoms with Crippen LogP contribution in [-0.4, -0.2) is 101 Å². The van der Waals surface area contributed by atoms with Gasteiger partial charge in [0, 0.05) is 110 Å². The van der Waals surface area contributed by atoms with Crippen molar-refractivity contribution in [1.82, 2.24) is 101 Å². The lowest BCUT2D eigenvalue weighted by Gasteiger charge is -1.91. The predicted octanol–water partition coefficient (Wildman–Crippen LogP) is 11.8. The number of nitrogens with one attached hydrogen (secondary N) is 6. The van der Waals surface area contributed by atoms with Crippen LogP contribution in [0, 0.1) is 0 Å². The van der Waals surface area contributed by atoms with Gasteiger partial charge in [-0.3, -0.25) is 60.5 Å². The van der Waals surface area contributed by atoms with Crippen molar-refractivity contribution in [3.05, 3.63) is 306 Å². The second kappa shape index (κ2) is 37.9. The lowest BCUT2D eigenvalue weighted by Crippen LogP contribution is -1.78. The van der Waals surface area contributed by atoms with Crippen molar-refractivity contribution >= 4 is 54.4 Å².